The van der Waals surface area contributed by atoms with Gasteiger partial charge < -0.3 is 25.3 Å². The SMILES string of the molecule is CN1CC[C@]2(C(=O)NCCO)CCCN(C(=O)c3ccc(CO)cc3)[C@@H]2C1. The molecule has 2 amide bonds. The van der Waals surface area contributed by atoms with Gasteiger partial charge in [0.25, 0.3) is 5.91 Å². The third kappa shape index (κ3) is 3.85. The molecule has 27 heavy (non-hydrogen) atoms. The Morgan fingerprint density at radius 1 is 1.19 bits per heavy atom. The molecule has 0 spiro atoms. The number of aliphatic hydroxyl groups is 2. The minimum Gasteiger partial charge on any atom is -0.395 e. The van der Waals surface area contributed by atoms with E-state index in [9.17, 15) is 14.7 Å². The number of nitrogens with zero attached hydrogens (tertiary/aromatic N) is 2. The number of aliphatic hydroxyl groups excluding tert-OH is 2. The van der Waals surface area contributed by atoms with Crippen molar-refractivity contribution in [2.75, 3.05) is 39.8 Å². The number of piperidine rings is 2. The molecule has 0 radical (unpaired) electrons. The number of hydrogen-bond donors (Lipinski definition) is 3. The van der Waals surface area contributed by atoms with Crippen LogP contribution in [0.2, 0.25) is 0 Å². The van der Waals surface area contributed by atoms with E-state index in [1.165, 1.54) is 0 Å². The number of likely N-dealkylation sites (N-methyl/N-ethyl adjacent to an activating group) is 1. The van der Waals surface area contributed by atoms with Crippen LogP contribution in [0.1, 0.15) is 35.2 Å². The molecule has 3 rings (SSSR count). The second-order valence-corrected chi connectivity index (χ2v) is 7.62. The number of amides is 2. The van der Waals surface area contributed by atoms with Gasteiger partial charge in [-0.3, -0.25) is 9.59 Å². The average Bonchev–Trinajstić information content (AvgIpc) is 2.71. The van der Waals surface area contributed by atoms with Crippen LogP contribution in [0.3, 0.4) is 0 Å². The number of hydrogen-bond acceptors (Lipinski definition) is 5. The van der Waals surface area contributed by atoms with E-state index in [2.05, 4.69) is 10.2 Å². The summed E-state index contributed by atoms with van der Waals surface area (Å²) in [6.07, 6.45) is 2.25. The Hall–Kier alpha value is -1.96. The van der Waals surface area contributed by atoms with E-state index in [0.29, 0.717) is 25.1 Å². The van der Waals surface area contributed by atoms with Crippen LogP contribution in [-0.2, 0) is 11.4 Å². The molecule has 0 aliphatic carbocycles. The van der Waals surface area contributed by atoms with Gasteiger partial charge in [0, 0.05) is 25.2 Å². The summed E-state index contributed by atoms with van der Waals surface area (Å²) in [7, 11) is 2.02. The molecule has 2 saturated heterocycles. The highest BCUT2D eigenvalue weighted by Gasteiger charge is 2.53. The highest BCUT2D eigenvalue weighted by Crippen LogP contribution is 2.43. The molecule has 0 unspecified atom stereocenters. The zero-order valence-corrected chi connectivity index (χ0v) is 15.9. The first-order valence-corrected chi connectivity index (χ1v) is 9.60. The van der Waals surface area contributed by atoms with E-state index in [1.54, 1.807) is 24.3 Å². The van der Waals surface area contributed by atoms with Crippen LogP contribution in [0.5, 0.6) is 0 Å². The molecule has 3 N–H and O–H groups in total. The summed E-state index contributed by atoms with van der Waals surface area (Å²) in [5.74, 6) is -0.124. The molecule has 148 valence electrons. The number of benzene rings is 1. The van der Waals surface area contributed by atoms with Gasteiger partial charge in [0.15, 0.2) is 0 Å². The molecule has 1 aromatic carbocycles. The standard InChI is InChI=1S/C20H29N3O4/c1-22-11-8-20(19(27)21-9-12-24)7-2-10-23(17(20)13-22)18(26)16-5-3-15(14-25)4-6-16/h3-6,17,24-25H,2,7-14H2,1H3,(H,21,27)/t17-,20-/m1/s1. The summed E-state index contributed by atoms with van der Waals surface area (Å²) in [4.78, 5) is 30.2. The Morgan fingerprint density at radius 3 is 2.59 bits per heavy atom. The molecule has 2 aliphatic heterocycles. The molecule has 2 heterocycles. The summed E-state index contributed by atoms with van der Waals surface area (Å²) in [5.41, 5.74) is 0.744. The van der Waals surface area contributed by atoms with E-state index in [-0.39, 0.29) is 37.6 Å². The lowest BCUT2D eigenvalue weighted by Crippen LogP contribution is -2.66. The topological polar surface area (TPSA) is 93.1 Å². The zero-order chi connectivity index (χ0) is 19.4. The minimum atomic E-state index is -0.597. The summed E-state index contributed by atoms with van der Waals surface area (Å²) in [6, 6.07) is 6.80. The van der Waals surface area contributed by atoms with Crippen LogP contribution in [-0.4, -0.2) is 77.7 Å². The quantitative estimate of drug-likeness (QED) is 0.684. The fraction of sp³-hybridized carbons (Fsp3) is 0.600. The average molecular weight is 375 g/mol. The molecular weight excluding hydrogens is 346 g/mol. The van der Waals surface area contributed by atoms with E-state index in [0.717, 1.165) is 24.9 Å². The van der Waals surface area contributed by atoms with Crippen molar-refractivity contribution >= 4 is 11.8 Å². The Bertz CT molecular complexity index is 678. The van der Waals surface area contributed by atoms with Gasteiger partial charge in [0.05, 0.1) is 24.7 Å². The van der Waals surface area contributed by atoms with Gasteiger partial charge >= 0.3 is 0 Å². The van der Waals surface area contributed by atoms with Gasteiger partial charge in [-0.25, -0.2) is 0 Å². The third-order valence-corrected chi connectivity index (χ3v) is 5.95. The molecule has 7 heteroatoms. The molecule has 2 fully saturated rings. The van der Waals surface area contributed by atoms with Gasteiger partial charge in [0.1, 0.15) is 0 Å². The van der Waals surface area contributed by atoms with Gasteiger partial charge in [-0.05, 0) is 50.6 Å². The van der Waals surface area contributed by atoms with E-state index >= 15 is 0 Å². The Morgan fingerprint density at radius 2 is 1.93 bits per heavy atom. The van der Waals surface area contributed by atoms with Crippen molar-refractivity contribution in [3.8, 4) is 0 Å². The monoisotopic (exact) mass is 375 g/mol. The Labute approximate surface area is 160 Å². The van der Waals surface area contributed by atoms with E-state index < -0.39 is 5.41 Å². The van der Waals surface area contributed by atoms with Crippen LogP contribution in [0.4, 0.5) is 0 Å². The highest BCUT2D eigenvalue weighted by molar-refractivity contribution is 5.95. The lowest BCUT2D eigenvalue weighted by molar-refractivity contribution is -0.142. The first-order valence-electron chi connectivity index (χ1n) is 9.60. The first kappa shape index (κ1) is 19.8. The molecule has 0 aromatic heterocycles. The van der Waals surface area contributed by atoms with Crippen molar-refractivity contribution < 1.29 is 19.8 Å². The summed E-state index contributed by atoms with van der Waals surface area (Å²) < 4.78 is 0. The number of fused-ring (bicyclic) bond motifs is 1. The highest BCUT2D eigenvalue weighted by atomic mass is 16.3. The van der Waals surface area contributed by atoms with Gasteiger partial charge in [-0.1, -0.05) is 12.1 Å². The van der Waals surface area contributed by atoms with Crippen molar-refractivity contribution in [1.82, 2.24) is 15.1 Å². The number of carbonyl (C=O) groups excluding carboxylic acids is 2. The molecule has 7 nitrogen and oxygen atoms in total. The third-order valence-electron chi connectivity index (χ3n) is 5.95. The predicted molar refractivity (Wildman–Crippen MR) is 101 cm³/mol. The zero-order valence-electron chi connectivity index (χ0n) is 15.9. The summed E-state index contributed by atoms with van der Waals surface area (Å²) in [5, 5.41) is 21.1. The fourth-order valence-corrected chi connectivity index (χ4v) is 4.41. The van der Waals surface area contributed by atoms with Crippen LogP contribution in [0, 0.1) is 5.41 Å². The second-order valence-electron chi connectivity index (χ2n) is 7.62. The van der Waals surface area contributed by atoms with Gasteiger partial charge in [0.2, 0.25) is 5.91 Å². The molecule has 1 aromatic rings. The minimum absolute atomic E-state index is 0.0530. The largest absolute Gasteiger partial charge is 0.395 e. The van der Waals surface area contributed by atoms with Crippen LogP contribution in [0.15, 0.2) is 24.3 Å². The van der Waals surface area contributed by atoms with Gasteiger partial charge in [-0.15, -0.1) is 0 Å². The Kier molecular flexibility index (Phi) is 6.14. The number of likely N-dealkylation sites (tertiary alicyclic amines) is 2. The van der Waals surface area contributed by atoms with E-state index in [1.807, 2.05) is 11.9 Å². The number of carbonyl (C=O) groups is 2. The van der Waals surface area contributed by atoms with Gasteiger partial charge in [-0.2, -0.15) is 0 Å². The lowest BCUT2D eigenvalue weighted by atomic mass is 9.67. The normalized spacial score (nSPS) is 25.7. The van der Waals surface area contributed by atoms with Crippen LogP contribution < -0.4 is 5.32 Å². The molecular formula is C20H29N3O4. The summed E-state index contributed by atoms with van der Waals surface area (Å²) in [6.45, 7) is 2.20. The predicted octanol–water partition coefficient (Wildman–Crippen LogP) is 0.214. The number of rotatable bonds is 5. The maximum absolute atomic E-state index is 13.2. The van der Waals surface area contributed by atoms with Crippen molar-refractivity contribution in [2.45, 2.75) is 31.9 Å². The molecule has 0 bridgehead atoms. The number of nitrogens with one attached hydrogen (secondary N) is 1. The lowest BCUT2D eigenvalue weighted by Gasteiger charge is -2.53. The van der Waals surface area contributed by atoms with Crippen molar-refractivity contribution in [1.29, 1.82) is 0 Å². The van der Waals surface area contributed by atoms with Crippen LogP contribution in [0.25, 0.3) is 0 Å². The smallest absolute Gasteiger partial charge is 0.254 e. The molecule has 0 saturated carbocycles. The molecule has 2 aliphatic rings. The Balaban J connectivity index is 1.88. The first-order chi connectivity index (χ1) is 13.0. The second kappa shape index (κ2) is 8.37. The van der Waals surface area contributed by atoms with Crippen molar-refractivity contribution in [3.63, 3.8) is 0 Å². The van der Waals surface area contributed by atoms with E-state index in [4.69, 9.17) is 5.11 Å². The van der Waals surface area contributed by atoms with Crippen molar-refractivity contribution in [2.24, 2.45) is 5.41 Å². The maximum atomic E-state index is 13.2. The summed E-state index contributed by atoms with van der Waals surface area (Å²) >= 11 is 0. The molecule has 2 atom stereocenters. The van der Waals surface area contributed by atoms with Crippen LogP contribution >= 0.6 is 0 Å². The maximum Gasteiger partial charge on any atom is 0.254 e. The fourth-order valence-electron chi connectivity index (χ4n) is 4.41. The van der Waals surface area contributed by atoms with Crippen molar-refractivity contribution in [3.05, 3.63) is 35.4 Å².